The van der Waals surface area contributed by atoms with E-state index in [1.165, 1.54) is 33.5 Å². The van der Waals surface area contributed by atoms with Crippen LogP contribution in [-0.4, -0.2) is 36.7 Å². The van der Waals surface area contributed by atoms with Gasteiger partial charge in [-0.15, -0.1) is 0 Å². The van der Waals surface area contributed by atoms with Crippen LogP contribution in [0.4, 0.5) is 19.0 Å². The number of anilines is 1. The predicted molar refractivity (Wildman–Crippen MR) is 116 cm³/mol. The number of nitrogens with zero attached hydrogens (tertiary/aromatic N) is 2. The van der Waals surface area contributed by atoms with Crippen LogP contribution < -0.4 is 14.8 Å². The third-order valence-electron chi connectivity index (χ3n) is 5.25. The second kappa shape index (κ2) is 8.89. The molecule has 1 N–H and O–H groups in total. The minimum atomic E-state index is -2.92. The summed E-state index contributed by atoms with van der Waals surface area (Å²) in [6.45, 7) is -0.0937. The Bertz CT molecular complexity index is 1350. The number of aromatic nitrogens is 2. The molecule has 0 saturated carbocycles. The molecule has 2 aromatic heterocycles. The number of ether oxygens (including phenoxy) is 3. The van der Waals surface area contributed by atoms with Gasteiger partial charge >= 0.3 is 5.97 Å². The van der Waals surface area contributed by atoms with Gasteiger partial charge < -0.3 is 19.5 Å². The lowest BCUT2D eigenvalue weighted by molar-refractivity contribution is 0.0601. The number of nitrogens with one attached hydrogen (secondary N) is 1. The van der Waals surface area contributed by atoms with E-state index in [0.717, 1.165) is 6.07 Å². The molecule has 7 nitrogen and oxygen atoms in total. The standard InChI is InChI=1S/C23H20F3N3O4/c1-31-17-8-15-16(9-18(17)32-2)29-11-13(23(30)33-3)7-19(29)28-22(15)27-10-12-5-4-6-14(20(12)24)21(25)26/h4-9,11,21H,10H2,1-3H3,(H,27,28). The fourth-order valence-electron chi connectivity index (χ4n) is 3.61. The second-order valence-electron chi connectivity index (χ2n) is 7.11. The first-order valence-electron chi connectivity index (χ1n) is 9.83. The molecule has 0 saturated heterocycles. The van der Waals surface area contributed by atoms with Crippen LogP contribution >= 0.6 is 0 Å². The number of esters is 1. The van der Waals surface area contributed by atoms with Crippen molar-refractivity contribution in [2.75, 3.05) is 26.6 Å². The van der Waals surface area contributed by atoms with Crippen LogP contribution in [0, 0.1) is 5.82 Å². The van der Waals surface area contributed by atoms with Crippen molar-refractivity contribution in [2.45, 2.75) is 13.0 Å². The lowest BCUT2D eigenvalue weighted by Gasteiger charge is -2.15. The highest BCUT2D eigenvalue weighted by Gasteiger charge is 2.19. The minimum absolute atomic E-state index is 0.0636. The number of alkyl halides is 2. The fraction of sp³-hybridized carbons (Fsp3) is 0.217. The van der Waals surface area contributed by atoms with Crippen molar-refractivity contribution < 1.29 is 32.2 Å². The van der Waals surface area contributed by atoms with E-state index in [9.17, 15) is 18.0 Å². The Balaban J connectivity index is 1.86. The van der Waals surface area contributed by atoms with Crippen molar-refractivity contribution in [1.82, 2.24) is 9.38 Å². The van der Waals surface area contributed by atoms with Crippen molar-refractivity contribution in [3.05, 3.63) is 65.1 Å². The van der Waals surface area contributed by atoms with E-state index >= 15 is 0 Å². The molecule has 0 aliphatic rings. The first kappa shape index (κ1) is 22.3. The highest BCUT2D eigenvalue weighted by atomic mass is 19.3. The van der Waals surface area contributed by atoms with Crippen molar-refractivity contribution in [2.24, 2.45) is 0 Å². The zero-order valence-corrected chi connectivity index (χ0v) is 18.0. The zero-order chi connectivity index (χ0) is 23.7. The molecule has 0 atom stereocenters. The van der Waals surface area contributed by atoms with Gasteiger partial charge in [-0.1, -0.05) is 18.2 Å². The molecular formula is C23H20F3N3O4. The Morgan fingerprint density at radius 3 is 2.52 bits per heavy atom. The average Bonchev–Trinajstić information content (AvgIpc) is 3.25. The van der Waals surface area contributed by atoms with Gasteiger partial charge in [0.2, 0.25) is 0 Å². The number of benzene rings is 2. The van der Waals surface area contributed by atoms with Gasteiger partial charge in [0.05, 0.1) is 38.0 Å². The highest BCUT2D eigenvalue weighted by molar-refractivity contribution is 5.96. The van der Waals surface area contributed by atoms with E-state index in [1.807, 2.05) is 0 Å². The van der Waals surface area contributed by atoms with Crippen molar-refractivity contribution in [1.29, 1.82) is 0 Å². The number of carbonyl (C=O) groups is 1. The summed E-state index contributed by atoms with van der Waals surface area (Å²) in [6.07, 6.45) is -1.34. The number of halogens is 3. The van der Waals surface area contributed by atoms with Crippen LogP contribution in [-0.2, 0) is 11.3 Å². The molecule has 172 valence electrons. The zero-order valence-electron chi connectivity index (χ0n) is 18.0. The quantitative estimate of drug-likeness (QED) is 0.393. The van der Waals surface area contributed by atoms with E-state index in [-0.39, 0.29) is 17.7 Å². The molecule has 0 amide bonds. The molecule has 0 unspecified atom stereocenters. The minimum Gasteiger partial charge on any atom is -0.493 e. The molecule has 0 bridgehead atoms. The molecule has 2 aromatic carbocycles. The molecule has 0 radical (unpaired) electrons. The second-order valence-corrected chi connectivity index (χ2v) is 7.11. The summed E-state index contributed by atoms with van der Waals surface area (Å²) >= 11 is 0. The summed E-state index contributed by atoms with van der Waals surface area (Å²) in [5, 5.41) is 3.60. The summed E-state index contributed by atoms with van der Waals surface area (Å²) in [7, 11) is 4.26. The molecule has 0 spiro atoms. The molecular weight excluding hydrogens is 439 g/mol. The molecule has 33 heavy (non-hydrogen) atoms. The van der Waals surface area contributed by atoms with Crippen LogP contribution in [0.1, 0.15) is 27.9 Å². The molecule has 0 aliphatic carbocycles. The van der Waals surface area contributed by atoms with E-state index < -0.39 is 23.8 Å². The van der Waals surface area contributed by atoms with E-state index in [4.69, 9.17) is 14.2 Å². The third kappa shape index (κ3) is 3.99. The fourth-order valence-corrected chi connectivity index (χ4v) is 3.61. The Morgan fingerprint density at radius 1 is 1.12 bits per heavy atom. The van der Waals surface area contributed by atoms with Gasteiger partial charge in [0.1, 0.15) is 17.3 Å². The number of hydrogen-bond acceptors (Lipinski definition) is 6. The summed E-state index contributed by atoms with van der Waals surface area (Å²) in [5.74, 6) is -0.280. The number of rotatable bonds is 7. The molecule has 2 heterocycles. The first-order valence-corrected chi connectivity index (χ1v) is 9.83. The van der Waals surface area contributed by atoms with Gasteiger partial charge in [-0.25, -0.2) is 22.9 Å². The number of carbonyl (C=O) groups excluding carboxylic acids is 1. The number of fused-ring (bicyclic) bond motifs is 3. The Kier molecular flexibility index (Phi) is 5.99. The number of methoxy groups -OCH3 is 3. The molecule has 0 aliphatic heterocycles. The summed E-state index contributed by atoms with van der Waals surface area (Å²) in [4.78, 5) is 16.6. The van der Waals surface area contributed by atoms with Gasteiger partial charge in [-0.3, -0.25) is 4.40 Å². The van der Waals surface area contributed by atoms with E-state index in [2.05, 4.69) is 10.3 Å². The van der Waals surface area contributed by atoms with Crippen molar-refractivity contribution >= 4 is 28.3 Å². The third-order valence-corrected chi connectivity index (χ3v) is 5.25. The largest absolute Gasteiger partial charge is 0.493 e. The molecule has 4 aromatic rings. The Morgan fingerprint density at radius 2 is 1.85 bits per heavy atom. The molecule has 10 heteroatoms. The van der Waals surface area contributed by atoms with Crippen LogP contribution in [0.25, 0.3) is 16.6 Å². The molecule has 0 fully saturated rings. The van der Waals surface area contributed by atoms with Crippen LogP contribution in [0.2, 0.25) is 0 Å². The van der Waals surface area contributed by atoms with Gasteiger partial charge in [0, 0.05) is 29.8 Å². The van der Waals surface area contributed by atoms with E-state index in [1.54, 1.807) is 28.8 Å². The summed E-state index contributed by atoms with van der Waals surface area (Å²) in [5.41, 5.74) is 0.725. The summed E-state index contributed by atoms with van der Waals surface area (Å²) < 4.78 is 57.9. The maximum Gasteiger partial charge on any atom is 0.339 e. The van der Waals surface area contributed by atoms with Crippen LogP contribution in [0.5, 0.6) is 11.5 Å². The monoisotopic (exact) mass is 459 g/mol. The SMILES string of the molecule is COC(=O)c1cc2nc(NCc3cccc(C(F)F)c3F)c3cc(OC)c(OC)cc3n2c1. The van der Waals surface area contributed by atoms with Crippen LogP contribution in [0.15, 0.2) is 42.6 Å². The smallest absolute Gasteiger partial charge is 0.339 e. The van der Waals surface area contributed by atoms with Gasteiger partial charge in [-0.2, -0.15) is 0 Å². The maximum absolute atomic E-state index is 14.5. The average molecular weight is 459 g/mol. The Labute approximate surface area is 186 Å². The predicted octanol–water partition coefficient (Wildman–Crippen LogP) is 4.98. The highest BCUT2D eigenvalue weighted by Crippen LogP contribution is 2.36. The molecule has 4 rings (SSSR count). The Hall–Kier alpha value is -3.95. The maximum atomic E-state index is 14.5. The lowest BCUT2D eigenvalue weighted by Crippen LogP contribution is -2.07. The first-order chi connectivity index (χ1) is 15.9. The van der Waals surface area contributed by atoms with Gasteiger partial charge in [-0.05, 0) is 12.1 Å². The summed E-state index contributed by atoms with van der Waals surface area (Å²) in [6, 6.07) is 8.80. The lowest BCUT2D eigenvalue weighted by atomic mass is 10.1. The van der Waals surface area contributed by atoms with E-state index in [0.29, 0.717) is 33.9 Å². The normalized spacial score (nSPS) is 11.2. The topological polar surface area (TPSA) is 74.1 Å². The van der Waals surface area contributed by atoms with Gasteiger partial charge in [0.15, 0.2) is 11.5 Å². The van der Waals surface area contributed by atoms with Crippen LogP contribution in [0.3, 0.4) is 0 Å². The number of hydrogen-bond donors (Lipinski definition) is 1. The van der Waals surface area contributed by atoms with Crippen molar-refractivity contribution in [3.8, 4) is 11.5 Å². The van der Waals surface area contributed by atoms with Crippen molar-refractivity contribution in [3.63, 3.8) is 0 Å². The van der Waals surface area contributed by atoms with Gasteiger partial charge in [0.25, 0.3) is 6.43 Å².